The maximum absolute atomic E-state index is 9.36. The van der Waals surface area contributed by atoms with Crippen LogP contribution in [0, 0.1) is 23.8 Å². The minimum absolute atomic E-state index is 0.207. The SMILES string of the molecule is C#[N+][C@@](CC#N)(C1CCCC1)n1cc(-c2ncnc3[nH]ccc23)cn1. The zero-order valence-corrected chi connectivity index (χ0v) is 13.8. The highest BCUT2D eigenvalue weighted by atomic mass is 15.4. The summed E-state index contributed by atoms with van der Waals surface area (Å²) >= 11 is 0. The van der Waals surface area contributed by atoms with Gasteiger partial charge in [-0.15, -0.1) is 0 Å². The fourth-order valence-electron chi connectivity index (χ4n) is 3.89. The second-order valence-corrected chi connectivity index (χ2v) is 6.46. The predicted molar refractivity (Wildman–Crippen MR) is 93.6 cm³/mol. The van der Waals surface area contributed by atoms with Crippen molar-refractivity contribution in [3.8, 4) is 23.9 Å². The maximum atomic E-state index is 9.36. The van der Waals surface area contributed by atoms with Crippen molar-refractivity contribution < 1.29 is 0 Å². The van der Waals surface area contributed by atoms with Gasteiger partial charge in [-0.05, 0) is 18.9 Å². The summed E-state index contributed by atoms with van der Waals surface area (Å²) in [6.45, 7) is 5.81. The van der Waals surface area contributed by atoms with E-state index in [1.807, 2.05) is 18.5 Å². The molecule has 0 spiro atoms. The van der Waals surface area contributed by atoms with Crippen molar-refractivity contribution in [1.82, 2.24) is 24.7 Å². The summed E-state index contributed by atoms with van der Waals surface area (Å²) in [6, 6.07) is 4.18. The fraction of sp³-hybridized carbons (Fsp3) is 0.389. The molecule has 7 heteroatoms. The smallest absolute Gasteiger partial charge is 0.346 e. The van der Waals surface area contributed by atoms with Gasteiger partial charge < -0.3 is 4.98 Å². The number of rotatable bonds is 4. The first kappa shape index (κ1) is 15.3. The molecular formula is C18H18N7+. The van der Waals surface area contributed by atoms with Crippen molar-refractivity contribution in [2.75, 3.05) is 0 Å². The zero-order chi connectivity index (χ0) is 17.3. The average molecular weight is 332 g/mol. The molecule has 7 nitrogen and oxygen atoms in total. The van der Waals surface area contributed by atoms with E-state index >= 15 is 0 Å². The van der Waals surface area contributed by atoms with Crippen LogP contribution in [0.1, 0.15) is 32.1 Å². The van der Waals surface area contributed by atoms with Crippen molar-refractivity contribution in [3.05, 3.63) is 35.8 Å². The van der Waals surface area contributed by atoms with Crippen molar-refractivity contribution >= 4 is 11.0 Å². The normalized spacial score (nSPS) is 17.2. The molecule has 25 heavy (non-hydrogen) atoms. The Labute approximate surface area is 145 Å². The molecule has 0 saturated heterocycles. The van der Waals surface area contributed by atoms with Gasteiger partial charge >= 0.3 is 5.66 Å². The Morgan fingerprint density at radius 1 is 1.40 bits per heavy atom. The van der Waals surface area contributed by atoms with Crippen LogP contribution < -0.4 is 0 Å². The molecule has 4 rings (SSSR count). The minimum atomic E-state index is -0.812. The molecule has 1 N–H and O–H groups in total. The Kier molecular flexibility index (Phi) is 3.70. The van der Waals surface area contributed by atoms with Crippen LogP contribution in [0.4, 0.5) is 0 Å². The summed E-state index contributed by atoms with van der Waals surface area (Å²) in [5.41, 5.74) is 1.62. The number of hydrogen-bond donors (Lipinski definition) is 1. The summed E-state index contributed by atoms with van der Waals surface area (Å²) in [7, 11) is 0. The highest BCUT2D eigenvalue weighted by molar-refractivity contribution is 5.89. The topological polar surface area (TPSA) is 87.5 Å². The molecule has 3 heterocycles. The summed E-state index contributed by atoms with van der Waals surface area (Å²) in [5.74, 6) is 0.225. The van der Waals surface area contributed by atoms with Gasteiger partial charge in [-0.25, -0.2) is 9.97 Å². The lowest BCUT2D eigenvalue weighted by Crippen LogP contribution is -2.37. The molecule has 0 aromatic carbocycles. The van der Waals surface area contributed by atoms with Gasteiger partial charge in [-0.2, -0.15) is 15.0 Å². The van der Waals surface area contributed by atoms with Gasteiger partial charge in [0.2, 0.25) is 0 Å². The second kappa shape index (κ2) is 6.03. The molecule has 1 fully saturated rings. The van der Waals surface area contributed by atoms with Gasteiger partial charge in [0.15, 0.2) is 0 Å². The Morgan fingerprint density at radius 2 is 2.24 bits per heavy atom. The number of aromatic amines is 1. The number of H-pyrrole nitrogens is 1. The predicted octanol–water partition coefficient (Wildman–Crippen LogP) is 3.54. The monoisotopic (exact) mass is 332 g/mol. The first-order valence-electron chi connectivity index (χ1n) is 8.41. The molecule has 0 radical (unpaired) electrons. The van der Waals surface area contributed by atoms with Gasteiger partial charge in [-0.1, -0.05) is 17.7 Å². The van der Waals surface area contributed by atoms with Crippen molar-refractivity contribution in [2.45, 2.75) is 37.8 Å². The van der Waals surface area contributed by atoms with Crippen LogP contribution in [0.3, 0.4) is 0 Å². The van der Waals surface area contributed by atoms with E-state index < -0.39 is 5.66 Å². The van der Waals surface area contributed by atoms with Crippen LogP contribution in [-0.2, 0) is 5.66 Å². The first-order valence-corrected chi connectivity index (χ1v) is 8.41. The summed E-state index contributed by atoms with van der Waals surface area (Å²) in [5, 5.41) is 14.8. The van der Waals surface area contributed by atoms with Crippen molar-refractivity contribution in [2.24, 2.45) is 5.92 Å². The van der Waals surface area contributed by atoms with E-state index in [1.165, 1.54) is 6.33 Å². The van der Waals surface area contributed by atoms with E-state index in [1.54, 1.807) is 10.9 Å². The van der Waals surface area contributed by atoms with E-state index in [0.29, 0.717) is 0 Å². The molecule has 0 amide bonds. The van der Waals surface area contributed by atoms with Gasteiger partial charge in [0, 0.05) is 23.3 Å². The van der Waals surface area contributed by atoms with E-state index in [0.717, 1.165) is 48.0 Å². The van der Waals surface area contributed by atoms with Gasteiger partial charge in [0.25, 0.3) is 6.57 Å². The molecule has 1 aliphatic carbocycles. The third kappa shape index (κ3) is 2.36. The lowest BCUT2D eigenvalue weighted by molar-refractivity contribution is 0.213. The third-order valence-corrected chi connectivity index (χ3v) is 5.18. The van der Waals surface area contributed by atoms with Crippen LogP contribution in [-0.4, -0.2) is 24.7 Å². The molecule has 124 valence electrons. The molecule has 1 atom stereocenters. The van der Waals surface area contributed by atoms with E-state index in [-0.39, 0.29) is 12.3 Å². The number of aromatic nitrogens is 5. The first-order chi connectivity index (χ1) is 12.3. The lowest BCUT2D eigenvalue weighted by atomic mass is 9.89. The van der Waals surface area contributed by atoms with Crippen molar-refractivity contribution in [1.29, 1.82) is 5.26 Å². The molecule has 1 saturated carbocycles. The van der Waals surface area contributed by atoms with Gasteiger partial charge in [0.1, 0.15) is 18.4 Å². The largest absolute Gasteiger partial charge is 0.389 e. The summed E-state index contributed by atoms with van der Waals surface area (Å²) in [4.78, 5) is 15.9. The van der Waals surface area contributed by atoms with Crippen LogP contribution in [0.25, 0.3) is 27.1 Å². The number of hydrogen-bond acceptors (Lipinski definition) is 4. The van der Waals surface area contributed by atoms with Crippen LogP contribution in [0.15, 0.2) is 31.0 Å². The van der Waals surface area contributed by atoms with E-state index in [9.17, 15) is 5.26 Å². The number of nitrogens with zero attached hydrogens (tertiary/aromatic N) is 6. The van der Waals surface area contributed by atoms with Crippen LogP contribution in [0.5, 0.6) is 0 Å². The highest BCUT2D eigenvalue weighted by Gasteiger charge is 2.52. The number of fused-ring (bicyclic) bond motifs is 1. The quantitative estimate of drug-likeness (QED) is 0.791. The van der Waals surface area contributed by atoms with Gasteiger partial charge in [0.05, 0.1) is 23.9 Å². The standard InChI is InChI=1S/C18H18N7/c1-20-18(7-8-19,14-4-2-3-5-14)25-11-13(10-24-25)16-15-6-9-21-17(15)23-12-22-16/h1,6,9-12,14H,2-5,7H2,(H,21,22,23)/q+1/t18-/m1/s1. The van der Waals surface area contributed by atoms with Crippen LogP contribution >= 0.6 is 0 Å². The summed E-state index contributed by atoms with van der Waals surface area (Å²) in [6.07, 6.45) is 11.5. The molecule has 1 aliphatic rings. The fourth-order valence-corrected chi connectivity index (χ4v) is 3.89. The van der Waals surface area contributed by atoms with E-state index in [4.69, 9.17) is 6.57 Å². The average Bonchev–Trinajstić information content (AvgIpc) is 3.40. The third-order valence-electron chi connectivity index (χ3n) is 5.18. The summed E-state index contributed by atoms with van der Waals surface area (Å²) < 4.78 is 1.75. The highest BCUT2D eigenvalue weighted by Crippen LogP contribution is 2.42. The molecule has 0 unspecified atom stereocenters. The second-order valence-electron chi connectivity index (χ2n) is 6.46. The van der Waals surface area contributed by atoms with Crippen LogP contribution in [0.2, 0.25) is 0 Å². The molecule has 3 aromatic rings. The minimum Gasteiger partial charge on any atom is -0.346 e. The van der Waals surface area contributed by atoms with Gasteiger partial charge in [-0.3, -0.25) is 0 Å². The lowest BCUT2D eigenvalue weighted by Gasteiger charge is -2.22. The Hall–Kier alpha value is -3.19. The zero-order valence-electron chi connectivity index (χ0n) is 13.8. The Bertz CT molecular complexity index is 981. The number of nitrogens with one attached hydrogen (secondary N) is 1. The molecule has 0 bridgehead atoms. The molecule has 3 aromatic heterocycles. The Balaban J connectivity index is 1.80. The Morgan fingerprint density at radius 3 is 3.00 bits per heavy atom. The van der Waals surface area contributed by atoms with Crippen molar-refractivity contribution in [3.63, 3.8) is 0 Å². The van der Waals surface area contributed by atoms with E-state index in [2.05, 4.69) is 31.0 Å². The molecule has 0 aliphatic heterocycles. The number of nitriles is 1. The molecular weight excluding hydrogens is 314 g/mol. The maximum Gasteiger partial charge on any atom is 0.389 e.